The zero-order valence-electron chi connectivity index (χ0n) is 11.2. The van der Waals surface area contributed by atoms with Gasteiger partial charge in [-0.3, -0.25) is 4.79 Å². The summed E-state index contributed by atoms with van der Waals surface area (Å²) >= 11 is 0. The normalized spacial score (nSPS) is 22.1. The van der Waals surface area contributed by atoms with Gasteiger partial charge in [-0.15, -0.1) is 0 Å². The molecule has 1 aliphatic rings. The third-order valence-electron chi connectivity index (χ3n) is 3.55. The minimum atomic E-state index is 0.0756. The number of carbonyl (C=O) groups is 1. The summed E-state index contributed by atoms with van der Waals surface area (Å²) in [6.45, 7) is 2.63. The molecule has 0 spiro atoms. The number of benzene rings is 1. The zero-order chi connectivity index (χ0) is 14.0. The fourth-order valence-electron chi connectivity index (χ4n) is 2.19. The molecule has 2 atom stereocenters. The Hall–Kier alpha value is -2.04. The van der Waals surface area contributed by atoms with Crippen molar-refractivity contribution in [1.29, 1.82) is 0 Å². The summed E-state index contributed by atoms with van der Waals surface area (Å²) < 4.78 is 0. The number of hydrogen-bond acceptors (Lipinski definition) is 3. The van der Waals surface area contributed by atoms with Crippen molar-refractivity contribution in [3.05, 3.63) is 35.4 Å². The van der Waals surface area contributed by atoms with Crippen molar-refractivity contribution in [2.24, 2.45) is 22.7 Å². The number of oxime groups is 1. The first-order valence-corrected chi connectivity index (χ1v) is 6.34. The van der Waals surface area contributed by atoms with E-state index in [2.05, 4.69) is 12.1 Å². The Morgan fingerprint density at radius 1 is 1.58 bits per heavy atom. The summed E-state index contributed by atoms with van der Waals surface area (Å²) in [5.41, 5.74) is 7.17. The van der Waals surface area contributed by atoms with Crippen molar-refractivity contribution in [3.8, 4) is 0 Å². The van der Waals surface area contributed by atoms with Crippen LogP contribution < -0.4 is 5.73 Å². The Morgan fingerprint density at radius 2 is 2.26 bits per heavy atom. The molecule has 19 heavy (non-hydrogen) atoms. The molecule has 1 aromatic carbocycles. The second-order valence-corrected chi connectivity index (χ2v) is 5.20. The molecule has 102 valence electrons. The van der Waals surface area contributed by atoms with Crippen LogP contribution in [-0.4, -0.2) is 28.9 Å². The van der Waals surface area contributed by atoms with E-state index in [0.29, 0.717) is 18.0 Å². The van der Waals surface area contributed by atoms with E-state index in [9.17, 15) is 4.79 Å². The second-order valence-electron chi connectivity index (χ2n) is 5.20. The van der Waals surface area contributed by atoms with Crippen molar-refractivity contribution < 1.29 is 10.0 Å². The molecule has 1 fully saturated rings. The summed E-state index contributed by atoms with van der Waals surface area (Å²) in [5, 5.41) is 11.6. The first kappa shape index (κ1) is 13.4. The van der Waals surface area contributed by atoms with Crippen LogP contribution in [-0.2, 0) is 11.3 Å². The van der Waals surface area contributed by atoms with Crippen molar-refractivity contribution in [2.75, 3.05) is 7.05 Å². The van der Waals surface area contributed by atoms with Crippen molar-refractivity contribution in [2.45, 2.75) is 19.9 Å². The highest BCUT2D eigenvalue weighted by Gasteiger charge is 2.40. The molecule has 0 aliphatic heterocycles. The number of amides is 1. The van der Waals surface area contributed by atoms with Gasteiger partial charge >= 0.3 is 0 Å². The van der Waals surface area contributed by atoms with E-state index in [1.165, 1.54) is 0 Å². The third-order valence-corrected chi connectivity index (χ3v) is 3.55. The maximum Gasteiger partial charge on any atom is 0.226 e. The van der Waals surface area contributed by atoms with Crippen LogP contribution >= 0.6 is 0 Å². The molecule has 1 aromatic rings. The van der Waals surface area contributed by atoms with Gasteiger partial charge in [0.2, 0.25) is 5.91 Å². The Morgan fingerprint density at radius 3 is 2.84 bits per heavy atom. The van der Waals surface area contributed by atoms with Gasteiger partial charge in [-0.05, 0) is 24.0 Å². The first-order chi connectivity index (χ1) is 9.02. The van der Waals surface area contributed by atoms with E-state index < -0.39 is 0 Å². The molecule has 0 saturated heterocycles. The average molecular weight is 261 g/mol. The van der Waals surface area contributed by atoms with Crippen LogP contribution in [0.4, 0.5) is 0 Å². The van der Waals surface area contributed by atoms with Crippen LogP contribution in [0.25, 0.3) is 0 Å². The lowest BCUT2D eigenvalue weighted by Crippen LogP contribution is -2.28. The quantitative estimate of drug-likeness (QED) is 0.372. The summed E-state index contributed by atoms with van der Waals surface area (Å²) in [6.07, 6.45) is 0.993. The lowest BCUT2D eigenvalue weighted by molar-refractivity contribution is -0.132. The van der Waals surface area contributed by atoms with E-state index in [1.807, 2.05) is 25.2 Å². The van der Waals surface area contributed by atoms with E-state index in [0.717, 1.165) is 12.0 Å². The monoisotopic (exact) mass is 261 g/mol. The third kappa shape index (κ3) is 3.05. The van der Waals surface area contributed by atoms with Crippen LogP contribution in [0.5, 0.6) is 0 Å². The van der Waals surface area contributed by atoms with Crippen molar-refractivity contribution in [3.63, 3.8) is 0 Å². The van der Waals surface area contributed by atoms with Gasteiger partial charge in [0.1, 0.15) is 0 Å². The minimum Gasteiger partial charge on any atom is -0.409 e. The van der Waals surface area contributed by atoms with E-state index >= 15 is 0 Å². The Balaban J connectivity index is 2.04. The van der Waals surface area contributed by atoms with Gasteiger partial charge in [-0.25, -0.2) is 0 Å². The predicted molar refractivity (Wildman–Crippen MR) is 72.7 cm³/mol. The molecule has 3 N–H and O–H groups in total. The highest BCUT2D eigenvalue weighted by atomic mass is 16.4. The Kier molecular flexibility index (Phi) is 3.74. The SMILES string of the molecule is CC1CC1C(=O)N(C)Cc1cccc(C(N)=NO)c1. The van der Waals surface area contributed by atoms with Gasteiger partial charge in [-0.2, -0.15) is 0 Å². The van der Waals surface area contributed by atoms with Gasteiger partial charge in [0.25, 0.3) is 0 Å². The number of nitrogens with zero attached hydrogens (tertiary/aromatic N) is 2. The van der Waals surface area contributed by atoms with Crippen LogP contribution in [0, 0.1) is 11.8 Å². The summed E-state index contributed by atoms with van der Waals surface area (Å²) in [7, 11) is 1.81. The summed E-state index contributed by atoms with van der Waals surface area (Å²) in [4.78, 5) is 13.8. The summed E-state index contributed by atoms with van der Waals surface area (Å²) in [5.74, 6) is 0.976. The van der Waals surface area contributed by atoms with E-state index in [1.54, 1.807) is 11.0 Å². The molecule has 2 rings (SSSR count). The first-order valence-electron chi connectivity index (χ1n) is 6.34. The largest absolute Gasteiger partial charge is 0.409 e. The molecule has 5 heteroatoms. The number of nitrogens with two attached hydrogens (primary N) is 1. The van der Waals surface area contributed by atoms with Crippen LogP contribution in [0.3, 0.4) is 0 Å². The molecule has 0 aromatic heterocycles. The topological polar surface area (TPSA) is 78.9 Å². The molecular weight excluding hydrogens is 242 g/mol. The highest BCUT2D eigenvalue weighted by Crippen LogP contribution is 2.39. The average Bonchev–Trinajstić information content (AvgIpc) is 3.14. The molecule has 0 bridgehead atoms. The molecule has 1 saturated carbocycles. The minimum absolute atomic E-state index is 0.0756. The van der Waals surface area contributed by atoms with Gasteiger partial charge in [-0.1, -0.05) is 30.3 Å². The molecular formula is C14H19N3O2. The summed E-state index contributed by atoms with van der Waals surface area (Å²) in [6, 6.07) is 7.35. The number of amidine groups is 1. The second kappa shape index (κ2) is 5.30. The fraction of sp³-hybridized carbons (Fsp3) is 0.429. The number of hydrogen-bond donors (Lipinski definition) is 2. The molecule has 2 unspecified atom stereocenters. The maximum absolute atomic E-state index is 12.0. The predicted octanol–water partition coefficient (Wildman–Crippen LogP) is 1.40. The molecule has 0 heterocycles. The van der Waals surface area contributed by atoms with Gasteiger partial charge < -0.3 is 15.8 Å². The van der Waals surface area contributed by atoms with Crippen LogP contribution in [0.2, 0.25) is 0 Å². The Bertz CT molecular complexity index is 513. The lowest BCUT2D eigenvalue weighted by Gasteiger charge is -2.17. The van der Waals surface area contributed by atoms with Crippen LogP contribution in [0.1, 0.15) is 24.5 Å². The Labute approximate surface area is 112 Å². The van der Waals surface area contributed by atoms with Crippen molar-refractivity contribution >= 4 is 11.7 Å². The zero-order valence-corrected chi connectivity index (χ0v) is 11.2. The molecule has 5 nitrogen and oxygen atoms in total. The fourth-order valence-corrected chi connectivity index (χ4v) is 2.19. The smallest absolute Gasteiger partial charge is 0.226 e. The number of carbonyl (C=O) groups excluding carboxylic acids is 1. The molecule has 1 aliphatic carbocycles. The number of rotatable bonds is 4. The standard InChI is InChI=1S/C14H19N3O2/c1-9-6-12(9)14(18)17(2)8-10-4-3-5-11(7-10)13(15)16-19/h3-5,7,9,12,19H,6,8H2,1-2H3,(H2,15,16). The van der Waals surface area contributed by atoms with Gasteiger partial charge in [0.15, 0.2) is 5.84 Å². The maximum atomic E-state index is 12.0. The lowest BCUT2D eigenvalue weighted by atomic mass is 10.1. The van der Waals surface area contributed by atoms with E-state index in [4.69, 9.17) is 10.9 Å². The van der Waals surface area contributed by atoms with Gasteiger partial charge in [0, 0.05) is 25.1 Å². The van der Waals surface area contributed by atoms with Crippen LogP contribution in [0.15, 0.2) is 29.4 Å². The highest BCUT2D eigenvalue weighted by molar-refractivity contribution is 5.97. The van der Waals surface area contributed by atoms with Crippen molar-refractivity contribution in [1.82, 2.24) is 4.90 Å². The molecule has 0 radical (unpaired) electrons. The molecule has 1 amide bonds. The van der Waals surface area contributed by atoms with Gasteiger partial charge in [0.05, 0.1) is 0 Å². The van der Waals surface area contributed by atoms with E-state index in [-0.39, 0.29) is 17.7 Å².